The van der Waals surface area contributed by atoms with Crippen LogP contribution in [-0.2, 0) is 21.2 Å². The zero-order valence-corrected chi connectivity index (χ0v) is 13.6. The summed E-state index contributed by atoms with van der Waals surface area (Å²) < 4.78 is 25.1. The number of aryl methyl sites for hydroxylation is 1. The Balaban J connectivity index is 2.13. The van der Waals surface area contributed by atoms with Gasteiger partial charge in [-0.2, -0.15) is 5.10 Å². The number of carbonyl (C=O) groups is 1. The van der Waals surface area contributed by atoms with Crippen LogP contribution in [0.25, 0.3) is 0 Å². The molecule has 118 valence electrons. The van der Waals surface area contributed by atoms with Crippen LogP contribution in [-0.4, -0.2) is 53.1 Å². The highest BCUT2D eigenvalue weighted by Gasteiger charge is 2.34. The molecule has 21 heavy (non-hydrogen) atoms. The fraction of sp³-hybridized carbons (Fsp3) is 0.714. The number of amides is 1. The standard InChI is InChI=1S/C14H23N3O3S/c1-11-8-15-16(9-11)10-13-6-4-5-7-17(13)14(18)12(2)21(3,19)20/h8-9,12-13H,4-7,10H2,1-3H3/t12-,13-/m1/s1. The van der Waals surface area contributed by atoms with E-state index in [1.165, 1.54) is 6.92 Å². The summed E-state index contributed by atoms with van der Waals surface area (Å²) in [6, 6.07) is 0.0229. The number of hydrogen-bond donors (Lipinski definition) is 0. The highest BCUT2D eigenvalue weighted by atomic mass is 32.2. The van der Waals surface area contributed by atoms with E-state index in [9.17, 15) is 13.2 Å². The molecule has 1 amide bonds. The molecular weight excluding hydrogens is 290 g/mol. The number of nitrogens with zero attached hydrogens (tertiary/aromatic N) is 3. The Bertz CT molecular complexity index is 609. The highest BCUT2D eigenvalue weighted by Crippen LogP contribution is 2.21. The molecule has 0 aliphatic carbocycles. The van der Waals surface area contributed by atoms with Crippen molar-refractivity contribution in [1.29, 1.82) is 0 Å². The molecule has 1 aromatic heterocycles. The smallest absolute Gasteiger partial charge is 0.240 e. The second kappa shape index (κ2) is 6.17. The first kappa shape index (κ1) is 16.0. The Morgan fingerprint density at radius 3 is 2.76 bits per heavy atom. The Labute approximate surface area is 126 Å². The van der Waals surface area contributed by atoms with Gasteiger partial charge in [0.05, 0.1) is 18.8 Å². The van der Waals surface area contributed by atoms with E-state index in [1.54, 1.807) is 11.1 Å². The van der Waals surface area contributed by atoms with Gasteiger partial charge in [-0.1, -0.05) is 0 Å². The van der Waals surface area contributed by atoms with E-state index in [4.69, 9.17) is 0 Å². The molecule has 1 fully saturated rings. The van der Waals surface area contributed by atoms with Crippen LogP contribution in [0.4, 0.5) is 0 Å². The molecule has 7 heteroatoms. The van der Waals surface area contributed by atoms with E-state index in [1.807, 2.05) is 17.8 Å². The summed E-state index contributed by atoms with van der Waals surface area (Å²) in [5, 5.41) is 3.28. The Morgan fingerprint density at radius 1 is 1.48 bits per heavy atom. The van der Waals surface area contributed by atoms with Crippen LogP contribution in [0.5, 0.6) is 0 Å². The predicted molar refractivity (Wildman–Crippen MR) is 80.6 cm³/mol. The minimum Gasteiger partial charge on any atom is -0.337 e. The third-order valence-electron chi connectivity index (χ3n) is 4.06. The molecule has 2 rings (SSSR count). The normalized spacial score (nSPS) is 21.3. The molecular formula is C14H23N3O3S. The number of rotatable bonds is 4. The van der Waals surface area contributed by atoms with Gasteiger partial charge in [0.2, 0.25) is 5.91 Å². The average Bonchev–Trinajstić information content (AvgIpc) is 2.82. The molecule has 0 bridgehead atoms. The van der Waals surface area contributed by atoms with E-state index >= 15 is 0 Å². The Morgan fingerprint density at radius 2 is 2.19 bits per heavy atom. The van der Waals surface area contributed by atoms with Crippen LogP contribution in [0, 0.1) is 6.92 Å². The summed E-state index contributed by atoms with van der Waals surface area (Å²) in [5.41, 5.74) is 1.08. The van der Waals surface area contributed by atoms with E-state index in [-0.39, 0.29) is 11.9 Å². The number of hydrogen-bond acceptors (Lipinski definition) is 4. The average molecular weight is 313 g/mol. The Kier molecular flexibility index (Phi) is 4.70. The van der Waals surface area contributed by atoms with Crippen LogP contribution >= 0.6 is 0 Å². The molecule has 0 spiro atoms. The fourth-order valence-corrected chi connectivity index (χ4v) is 3.18. The molecule has 0 radical (unpaired) electrons. The molecule has 0 saturated carbocycles. The molecule has 1 saturated heterocycles. The van der Waals surface area contributed by atoms with Crippen molar-refractivity contribution in [2.75, 3.05) is 12.8 Å². The van der Waals surface area contributed by atoms with Crippen molar-refractivity contribution in [1.82, 2.24) is 14.7 Å². The summed E-state index contributed by atoms with van der Waals surface area (Å²) in [6.45, 7) is 4.69. The predicted octanol–water partition coefficient (Wildman–Crippen LogP) is 1.01. The maximum absolute atomic E-state index is 12.5. The topological polar surface area (TPSA) is 72.3 Å². The first-order chi connectivity index (χ1) is 9.79. The number of likely N-dealkylation sites (tertiary alicyclic amines) is 1. The summed E-state index contributed by atoms with van der Waals surface area (Å²) in [7, 11) is -3.36. The first-order valence-electron chi connectivity index (χ1n) is 7.27. The van der Waals surface area contributed by atoms with Gasteiger partial charge in [0.1, 0.15) is 5.25 Å². The van der Waals surface area contributed by atoms with Gasteiger partial charge in [-0.3, -0.25) is 9.48 Å². The van der Waals surface area contributed by atoms with Crippen molar-refractivity contribution in [3.63, 3.8) is 0 Å². The van der Waals surface area contributed by atoms with E-state index < -0.39 is 15.1 Å². The van der Waals surface area contributed by atoms with Crippen LogP contribution < -0.4 is 0 Å². The van der Waals surface area contributed by atoms with Crippen molar-refractivity contribution >= 4 is 15.7 Å². The molecule has 1 aliphatic rings. The third-order valence-corrected chi connectivity index (χ3v) is 5.55. The highest BCUT2D eigenvalue weighted by molar-refractivity contribution is 7.92. The van der Waals surface area contributed by atoms with E-state index in [0.717, 1.165) is 31.1 Å². The largest absolute Gasteiger partial charge is 0.337 e. The summed E-state index contributed by atoms with van der Waals surface area (Å²) >= 11 is 0. The lowest BCUT2D eigenvalue weighted by atomic mass is 10.0. The minimum atomic E-state index is -3.36. The summed E-state index contributed by atoms with van der Waals surface area (Å²) in [4.78, 5) is 14.2. The second-order valence-corrected chi connectivity index (χ2v) is 8.26. The van der Waals surface area contributed by atoms with Gasteiger partial charge in [-0.05, 0) is 38.7 Å². The molecule has 0 N–H and O–H groups in total. The number of sulfone groups is 1. The van der Waals surface area contributed by atoms with Crippen molar-refractivity contribution in [2.24, 2.45) is 0 Å². The molecule has 2 atom stereocenters. The minimum absolute atomic E-state index is 0.0229. The third kappa shape index (κ3) is 3.84. The number of carbonyl (C=O) groups excluding carboxylic acids is 1. The first-order valence-corrected chi connectivity index (χ1v) is 9.23. The maximum Gasteiger partial charge on any atom is 0.240 e. The lowest BCUT2D eigenvalue weighted by Gasteiger charge is -2.37. The summed E-state index contributed by atoms with van der Waals surface area (Å²) in [5.74, 6) is -0.286. The fourth-order valence-electron chi connectivity index (χ4n) is 2.68. The second-order valence-electron chi connectivity index (χ2n) is 5.89. The Hall–Kier alpha value is -1.37. The van der Waals surface area contributed by atoms with Crippen molar-refractivity contribution in [3.8, 4) is 0 Å². The van der Waals surface area contributed by atoms with Crippen LogP contribution in [0.1, 0.15) is 31.7 Å². The summed E-state index contributed by atoms with van der Waals surface area (Å²) in [6.07, 6.45) is 7.72. The van der Waals surface area contributed by atoms with Crippen molar-refractivity contribution in [2.45, 2.75) is 50.9 Å². The SMILES string of the molecule is Cc1cnn(C[C@H]2CCCCN2C(=O)[C@@H](C)S(C)(=O)=O)c1. The quantitative estimate of drug-likeness (QED) is 0.831. The van der Waals surface area contributed by atoms with Gasteiger partial charge < -0.3 is 4.90 Å². The number of piperidine rings is 1. The molecule has 2 heterocycles. The van der Waals surface area contributed by atoms with Gasteiger partial charge in [-0.15, -0.1) is 0 Å². The molecule has 0 unspecified atom stereocenters. The van der Waals surface area contributed by atoms with Gasteiger partial charge in [-0.25, -0.2) is 8.42 Å². The van der Waals surface area contributed by atoms with Crippen LogP contribution in [0.15, 0.2) is 12.4 Å². The van der Waals surface area contributed by atoms with Crippen LogP contribution in [0.3, 0.4) is 0 Å². The molecule has 0 aromatic carbocycles. The number of aromatic nitrogens is 2. The maximum atomic E-state index is 12.5. The zero-order chi connectivity index (χ0) is 15.6. The lowest BCUT2D eigenvalue weighted by molar-refractivity contribution is -0.134. The van der Waals surface area contributed by atoms with E-state index in [0.29, 0.717) is 13.1 Å². The van der Waals surface area contributed by atoms with Crippen LogP contribution in [0.2, 0.25) is 0 Å². The van der Waals surface area contributed by atoms with Gasteiger partial charge in [0.25, 0.3) is 0 Å². The molecule has 1 aliphatic heterocycles. The van der Waals surface area contributed by atoms with Gasteiger partial charge in [0, 0.05) is 19.0 Å². The van der Waals surface area contributed by atoms with Gasteiger partial charge in [0.15, 0.2) is 9.84 Å². The molecule has 6 nitrogen and oxygen atoms in total. The van der Waals surface area contributed by atoms with Crippen molar-refractivity contribution < 1.29 is 13.2 Å². The molecule has 1 aromatic rings. The monoisotopic (exact) mass is 313 g/mol. The van der Waals surface area contributed by atoms with E-state index in [2.05, 4.69) is 5.10 Å². The van der Waals surface area contributed by atoms with Gasteiger partial charge >= 0.3 is 0 Å². The lowest BCUT2D eigenvalue weighted by Crippen LogP contribution is -2.50. The van der Waals surface area contributed by atoms with Crippen molar-refractivity contribution in [3.05, 3.63) is 18.0 Å². The zero-order valence-electron chi connectivity index (χ0n) is 12.8.